The maximum Gasteiger partial charge on any atom is 0.304 e. The minimum atomic E-state index is -0.836. The van der Waals surface area contributed by atoms with Crippen LogP contribution in [0.1, 0.15) is 6.42 Å². The van der Waals surface area contributed by atoms with Gasteiger partial charge in [0.15, 0.2) is 11.2 Å². The zero-order valence-corrected chi connectivity index (χ0v) is 9.75. The van der Waals surface area contributed by atoms with Crippen molar-refractivity contribution < 1.29 is 9.90 Å². The predicted octanol–water partition coefficient (Wildman–Crippen LogP) is -1.34. The summed E-state index contributed by atoms with van der Waals surface area (Å²) >= 11 is 0. The van der Waals surface area contributed by atoms with Crippen LogP contribution in [0.25, 0.3) is 11.2 Å². The Morgan fingerprint density at radius 3 is 2.78 bits per heavy atom. The molecular formula is C9H14N6O3. The molecule has 0 bridgehead atoms. The minimum Gasteiger partial charge on any atom is -0.481 e. The number of rotatable bonds is 2. The van der Waals surface area contributed by atoms with Gasteiger partial charge in [0.1, 0.15) is 0 Å². The Hall–Kier alpha value is -2.42. The van der Waals surface area contributed by atoms with Crippen molar-refractivity contribution in [2.24, 2.45) is 12.8 Å². The number of aromatic nitrogens is 4. The third kappa shape index (κ3) is 3.28. The molecule has 0 aliphatic heterocycles. The summed E-state index contributed by atoms with van der Waals surface area (Å²) in [5.41, 5.74) is 10.7. The van der Waals surface area contributed by atoms with E-state index in [1.165, 1.54) is 6.33 Å². The Morgan fingerprint density at radius 1 is 1.61 bits per heavy atom. The summed E-state index contributed by atoms with van der Waals surface area (Å²) in [6.45, 7) is 0.231. The number of carbonyl (C=O) groups is 1. The van der Waals surface area contributed by atoms with Crippen LogP contribution >= 0.6 is 0 Å². The van der Waals surface area contributed by atoms with Gasteiger partial charge in [-0.1, -0.05) is 0 Å². The smallest absolute Gasteiger partial charge is 0.304 e. The van der Waals surface area contributed by atoms with E-state index >= 15 is 0 Å². The Balaban J connectivity index is 0.000000232. The average molecular weight is 254 g/mol. The molecule has 2 aromatic heterocycles. The molecule has 18 heavy (non-hydrogen) atoms. The molecule has 0 saturated carbocycles. The number of nitrogen functional groups attached to an aromatic ring is 1. The number of carboxylic acids is 1. The minimum absolute atomic E-state index is 0.0694. The molecule has 0 aromatic carbocycles. The molecule has 0 unspecified atom stereocenters. The molecule has 0 atom stereocenters. The van der Waals surface area contributed by atoms with E-state index in [1.807, 2.05) is 0 Å². The highest BCUT2D eigenvalue weighted by Gasteiger charge is 2.05. The van der Waals surface area contributed by atoms with Crippen LogP contribution in [0.15, 0.2) is 11.1 Å². The highest BCUT2D eigenvalue weighted by atomic mass is 16.4. The molecule has 0 spiro atoms. The molecule has 2 aromatic rings. The first-order chi connectivity index (χ1) is 8.45. The standard InChI is InChI=1S/C6H7N5O.C3H7NO2/c1-11-2-8-4-3(11)5(12)10-6(7)9-4;4-2-1-3(5)6/h2H,1H3,(H3,7,9,10,12);1-2,4H2,(H,5,6). The van der Waals surface area contributed by atoms with Crippen molar-refractivity contribution in [3.05, 3.63) is 16.7 Å². The lowest BCUT2D eigenvalue weighted by atomic mass is 10.5. The summed E-state index contributed by atoms with van der Waals surface area (Å²) in [5.74, 6) is -0.747. The van der Waals surface area contributed by atoms with Crippen molar-refractivity contribution in [3.63, 3.8) is 0 Å². The lowest BCUT2D eigenvalue weighted by Gasteiger charge is -1.93. The molecule has 9 heteroatoms. The summed E-state index contributed by atoms with van der Waals surface area (Å²) in [7, 11) is 1.72. The number of hydrogen-bond donors (Lipinski definition) is 4. The van der Waals surface area contributed by atoms with Crippen molar-refractivity contribution in [1.29, 1.82) is 0 Å². The molecule has 98 valence electrons. The Bertz CT molecular complexity index is 602. The van der Waals surface area contributed by atoms with E-state index in [0.717, 1.165) is 0 Å². The molecule has 9 nitrogen and oxygen atoms in total. The number of aromatic amines is 1. The molecule has 0 aliphatic carbocycles. The van der Waals surface area contributed by atoms with Gasteiger partial charge in [-0.25, -0.2) is 4.98 Å². The number of fused-ring (bicyclic) bond motifs is 1. The van der Waals surface area contributed by atoms with Gasteiger partial charge < -0.3 is 21.1 Å². The summed E-state index contributed by atoms with van der Waals surface area (Å²) < 4.78 is 1.60. The van der Waals surface area contributed by atoms with E-state index in [-0.39, 0.29) is 24.5 Å². The number of aliphatic carboxylic acids is 1. The van der Waals surface area contributed by atoms with E-state index in [9.17, 15) is 9.59 Å². The van der Waals surface area contributed by atoms with Crippen molar-refractivity contribution >= 4 is 23.1 Å². The number of hydrogen-bond acceptors (Lipinski definition) is 6. The summed E-state index contributed by atoms with van der Waals surface area (Å²) in [4.78, 5) is 30.9. The quantitative estimate of drug-likeness (QED) is 0.517. The van der Waals surface area contributed by atoms with Crippen LogP contribution < -0.4 is 17.0 Å². The fourth-order valence-electron chi connectivity index (χ4n) is 1.20. The van der Waals surface area contributed by atoms with Gasteiger partial charge in [0.25, 0.3) is 5.56 Å². The van der Waals surface area contributed by atoms with Crippen LogP contribution in [-0.2, 0) is 11.8 Å². The molecule has 6 N–H and O–H groups in total. The predicted molar refractivity (Wildman–Crippen MR) is 64.8 cm³/mol. The van der Waals surface area contributed by atoms with E-state index in [0.29, 0.717) is 11.2 Å². The molecule has 0 saturated heterocycles. The van der Waals surface area contributed by atoms with Crippen molar-refractivity contribution in [1.82, 2.24) is 19.5 Å². The Morgan fingerprint density at radius 2 is 2.28 bits per heavy atom. The number of carboxylic acid groups (broad SMARTS) is 1. The van der Waals surface area contributed by atoms with Gasteiger partial charge in [0.2, 0.25) is 5.95 Å². The largest absolute Gasteiger partial charge is 0.481 e. The second kappa shape index (κ2) is 5.77. The summed E-state index contributed by atoms with van der Waals surface area (Å²) in [5, 5.41) is 7.83. The van der Waals surface area contributed by atoms with Crippen molar-refractivity contribution in [2.45, 2.75) is 6.42 Å². The molecule has 2 rings (SSSR count). The molecule has 0 aliphatic rings. The SMILES string of the molecule is Cn1cnc2nc(N)[nH]c(=O)c21.NCCC(=O)O. The van der Waals surface area contributed by atoms with Crippen LogP contribution in [0.4, 0.5) is 5.95 Å². The zero-order chi connectivity index (χ0) is 13.7. The van der Waals surface area contributed by atoms with Crippen LogP contribution in [0.2, 0.25) is 0 Å². The van der Waals surface area contributed by atoms with E-state index in [1.54, 1.807) is 11.6 Å². The lowest BCUT2D eigenvalue weighted by molar-refractivity contribution is -0.136. The Kier molecular flexibility index (Phi) is 4.38. The van der Waals surface area contributed by atoms with Crippen LogP contribution in [0.5, 0.6) is 0 Å². The van der Waals surface area contributed by atoms with Gasteiger partial charge in [0, 0.05) is 13.6 Å². The van der Waals surface area contributed by atoms with Crippen molar-refractivity contribution in [3.8, 4) is 0 Å². The third-order valence-corrected chi connectivity index (χ3v) is 1.96. The number of H-pyrrole nitrogens is 1. The highest BCUT2D eigenvalue weighted by Crippen LogP contribution is 2.02. The van der Waals surface area contributed by atoms with Gasteiger partial charge in [-0.05, 0) is 0 Å². The van der Waals surface area contributed by atoms with Gasteiger partial charge in [0.05, 0.1) is 12.7 Å². The normalized spacial score (nSPS) is 9.89. The van der Waals surface area contributed by atoms with E-state index in [2.05, 4.69) is 15.0 Å². The third-order valence-electron chi connectivity index (χ3n) is 1.96. The monoisotopic (exact) mass is 254 g/mol. The highest BCUT2D eigenvalue weighted by molar-refractivity contribution is 5.70. The molecule has 0 radical (unpaired) electrons. The van der Waals surface area contributed by atoms with Gasteiger partial charge >= 0.3 is 5.97 Å². The van der Waals surface area contributed by atoms with Crippen LogP contribution in [0, 0.1) is 0 Å². The average Bonchev–Trinajstić information content (AvgIpc) is 2.60. The zero-order valence-electron chi connectivity index (χ0n) is 9.75. The molecule has 2 heterocycles. The van der Waals surface area contributed by atoms with Crippen molar-refractivity contribution in [2.75, 3.05) is 12.3 Å². The van der Waals surface area contributed by atoms with Crippen LogP contribution in [0.3, 0.4) is 0 Å². The topological polar surface area (TPSA) is 153 Å². The molecule has 0 fully saturated rings. The summed E-state index contributed by atoms with van der Waals surface area (Å²) in [6.07, 6.45) is 1.59. The Labute approximate surface area is 101 Å². The number of nitrogens with one attached hydrogen (secondary N) is 1. The van der Waals surface area contributed by atoms with Crippen LogP contribution in [-0.4, -0.2) is 37.1 Å². The number of nitrogens with two attached hydrogens (primary N) is 2. The van der Waals surface area contributed by atoms with Gasteiger partial charge in [-0.15, -0.1) is 0 Å². The first-order valence-electron chi connectivity index (χ1n) is 5.04. The summed E-state index contributed by atoms with van der Waals surface area (Å²) in [6, 6.07) is 0. The first kappa shape index (κ1) is 13.6. The second-order valence-corrected chi connectivity index (χ2v) is 3.41. The maximum atomic E-state index is 11.2. The maximum absolute atomic E-state index is 11.2. The van der Waals surface area contributed by atoms with Gasteiger partial charge in [-0.3, -0.25) is 14.6 Å². The molecule has 0 amide bonds. The molecular weight excluding hydrogens is 240 g/mol. The second-order valence-electron chi connectivity index (χ2n) is 3.41. The number of anilines is 1. The fraction of sp³-hybridized carbons (Fsp3) is 0.333. The fourth-order valence-corrected chi connectivity index (χ4v) is 1.20. The van der Waals surface area contributed by atoms with E-state index in [4.69, 9.17) is 16.6 Å². The lowest BCUT2D eigenvalue weighted by Crippen LogP contribution is -2.13. The van der Waals surface area contributed by atoms with Gasteiger partial charge in [-0.2, -0.15) is 4.98 Å². The number of imidazole rings is 1. The number of aryl methyl sites for hydroxylation is 1. The van der Waals surface area contributed by atoms with E-state index < -0.39 is 5.97 Å². The number of nitrogens with zero attached hydrogens (tertiary/aromatic N) is 3. The first-order valence-corrected chi connectivity index (χ1v) is 5.04.